The zero-order valence-electron chi connectivity index (χ0n) is 18.9. The van der Waals surface area contributed by atoms with Gasteiger partial charge < -0.3 is 10.0 Å². The second-order valence-corrected chi connectivity index (χ2v) is 8.26. The van der Waals surface area contributed by atoms with Gasteiger partial charge in [0.1, 0.15) is 0 Å². The highest BCUT2D eigenvalue weighted by atomic mass is 16.4. The first-order valence-corrected chi connectivity index (χ1v) is 11.4. The number of hydrogen-bond acceptors (Lipinski definition) is 2. The van der Waals surface area contributed by atoms with E-state index in [4.69, 9.17) is 5.11 Å². The summed E-state index contributed by atoms with van der Waals surface area (Å²) in [6.07, 6.45) is 1.81. The van der Waals surface area contributed by atoms with Crippen LogP contribution in [0.25, 0.3) is 11.1 Å². The van der Waals surface area contributed by atoms with Gasteiger partial charge in [0, 0.05) is 18.7 Å². The first-order chi connectivity index (χ1) is 16.6. The van der Waals surface area contributed by atoms with Crippen molar-refractivity contribution in [1.29, 1.82) is 0 Å². The van der Waals surface area contributed by atoms with Crippen molar-refractivity contribution in [2.45, 2.75) is 19.4 Å². The fraction of sp³-hybridized carbons (Fsp3) is 0.133. The minimum Gasteiger partial charge on any atom is -0.478 e. The maximum atomic E-state index is 13.2. The van der Waals surface area contributed by atoms with Crippen molar-refractivity contribution < 1.29 is 14.7 Å². The largest absolute Gasteiger partial charge is 0.478 e. The Morgan fingerprint density at radius 1 is 0.618 bits per heavy atom. The fourth-order valence-corrected chi connectivity index (χ4v) is 3.96. The smallest absolute Gasteiger partial charge is 0.335 e. The van der Waals surface area contributed by atoms with Crippen molar-refractivity contribution in [3.05, 3.63) is 131 Å². The van der Waals surface area contributed by atoms with Gasteiger partial charge >= 0.3 is 5.97 Å². The number of carbonyl (C=O) groups is 2. The van der Waals surface area contributed by atoms with Crippen LogP contribution in [0.1, 0.15) is 38.3 Å². The van der Waals surface area contributed by atoms with Crippen LogP contribution < -0.4 is 0 Å². The van der Waals surface area contributed by atoms with Gasteiger partial charge in [0.05, 0.1) is 5.56 Å². The van der Waals surface area contributed by atoms with E-state index >= 15 is 0 Å². The quantitative estimate of drug-likeness (QED) is 0.325. The molecule has 4 rings (SSSR count). The lowest BCUT2D eigenvalue weighted by atomic mass is 10.0. The molecule has 4 aromatic carbocycles. The van der Waals surface area contributed by atoms with Gasteiger partial charge in [0.15, 0.2) is 0 Å². The Bertz CT molecular complexity index is 1220. The van der Waals surface area contributed by atoms with Crippen LogP contribution in [0.3, 0.4) is 0 Å². The lowest BCUT2D eigenvalue weighted by molar-refractivity contribution is 0.0695. The summed E-state index contributed by atoms with van der Waals surface area (Å²) in [6.45, 7) is 1.20. The Hall–Kier alpha value is -4.18. The first kappa shape index (κ1) is 23.0. The van der Waals surface area contributed by atoms with Gasteiger partial charge in [-0.1, -0.05) is 84.9 Å². The number of hydrogen-bond donors (Lipinski definition) is 1. The van der Waals surface area contributed by atoms with Gasteiger partial charge in [-0.05, 0) is 59.4 Å². The maximum Gasteiger partial charge on any atom is 0.335 e. The van der Waals surface area contributed by atoms with Crippen molar-refractivity contribution in [2.24, 2.45) is 0 Å². The minimum atomic E-state index is -0.933. The standard InChI is InChI=1S/C30H27NO3/c32-29(27-11-5-2-6-12-27)31(21-7-10-23-8-3-1-4-9-23)22-24-13-15-25(16-14-24)26-17-19-28(20-18-26)30(33)34/h1-6,8-9,11-20H,7,10,21-22H2,(H,33,34). The van der Waals surface area contributed by atoms with Crippen LogP contribution in [0.5, 0.6) is 0 Å². The van der Waals surface area contributed by atoms with Gasteiger partial charge in [-0.25, -0.2) is 4.79 Å². The molecule has 0 unspecified atom stereocenters. The number of benzene rings is 4. The average Bonchev–Trinajstić information content (AvgIpc) is 2.89. The lowest BCUT2D eigenvalue weighted by Gasteiger charge is -2.23. The zero-order valence-corrected chi connectivity index (χ0v) is 18.9. The Balaban J connectivity index is 1.47. The monoisotopic (exact) mass is 449 g/mol. The highest BCUT2D eigenvalue weighted by molar-refractivity contribution is 5.94. The van der Waals surface area contributed by atoms with Crippen LogP contribution >= 0.6 is 0 Å². The molecule has 0 heterocycles. The van der Waals surface area contributed by atoms with Crippen molar-refractivity contribution in [3.63, 3.8) is 0 Å². The summed E-state index contributed by atoms with van der Waals surface area (Å²) in [4.78, 5) is 26.2. The molecule has 0 saturated carbocycles. The normalized spacial score (nSPS) is 10.6. The Morgan fingerprint density at radius 3 is 1.76 bits per heavy atom. The SMILES string of the molecule is O=C(O)c1ccc(-c2ccc(CN(CCCc3ccccc3)C(=O)c3ccccc3)cc2)cc1. The van der Waals surface area contributed by atoms with Crippen LogP contribution in [0.4, 0.5) is 0 Å². The van der Waals surface area contributed by atoms with Crippen molar-refractivity contribution >= 4 is 11.9 Å². The van der Waals surface area contributed by atoms with Gasteiger partial charge in [0.25, 0.3) is 5.91 Å². The summed E-state index contributed by atoms with van der Waals surface area (Å²) in [6, 6.07) is 34.7. The second kappa shape index (κ2) is 11.1. The van der Waals surface area contributed by atoms with Crippen molar-refractivity contribution in [2.75, 3.05) is 6.54 Å². The molecule has 0 bridgehead atoms. The summed E-state index contributed by atoms with van der Waals surface area (Å²) in [5.74, 6) is -0.903. The number of nitrogens with zero attached hydrogens (tertiary/aromatic N) is 1. The molecule has 1 N–H and O–H groups in total. The molecule has 34 heavy (non-hydrogen) atoms. The molecule has 0 aliphatic carbocycles. The summed E-state index contributed by atoms with van der Waals surface area (Å²) in [7, 11) is 0. The van der Waals surface area contributed by atoms with Crippen molar-refractivity contribution in [1.82, 2.24) is 4.90 Å². The van der Waals surface area contributed by atoms with E-state index in [-0.39, 0.29) is 11.5 Å². The molecule has 0 aliphatic rings. The molecule has 0 atom stereocenters. The molecule has 0 radical (unpaired) electrons. The van der Waals surface area contributed by atoms with Gasteiger partial charge in [0.2, 0.25) is 0 Å². The van der Waals surface area contributed by atoms with Gasteiger partial charge in [-0.2, -0.15) is 0 Å². The van der Waals surface area contributed by atoms with E-state index in [0.717, 1.165) is 29.5 Å². The molecule has 4 aromatic rings. The molecule has 0 aliphatic heterocycles. The van der Waals surface area contributed by atoms with Crippen LogP contribution in [-0.2, 0) is 13.0 Å². The summed E-state index contributed by atoms with van der Waals surface area (Å²) in [5.41, 5.74) is 5.24. The third-order valence-electron chi connectivity index (χ3n) is 5.84. The highest BCUT2D eigenvalue weighted by Gasteiger charge is 2.16. The van der Waals surface area contributed by atoms with E-state index in [9.17, 15) is 9.59 Å². The second-order valence-electron chi connectivity index (χ2n) is 8.26. The maximum absolute atomic E-state index is 13.2. The first-order valence-electron chi connectivity index (χ1n) is 11.4. The van der Waals surface area contributed by atoms with Crippen LogP contribution in [-0.4, -0.2) is 28.4 Å². The van der Waals surface area contributed by atoms with Crippen LogP contribution in [0, 0.1) is 0 Å². The Morgan fingerprint density at radius 2 is 1.18 bits per heavy atom. The van der Waals surface area contributed by atoms with Crippen molar-refractivity contribution in [3.8, 4) is 11.1 Å². The van der Waals surface area contributed by atoms with E-state index in [2.05, 4.69) is 12.1 Å². The topological polar surface area (TPSA) is 57.6 Å². The molecular formula is C30H27NO3. The van der Waals surface area contributed by atoms with Gasteiger partial charge in [-0.15, -0.1) is 0 Å². The number of carbonyl (C=O) groups excluding carboxylic acids is 1. The molecule has 1 amide bonds. The third kappa shape index (κ3) is 5.99. The average molecular weight is 450 g/mol. The van der Waals surface area contributed by atoms with Crippen LogP contribution in [0.2, 0.25) is 0 Å². The summed E-state index contributed by atoms with van der Waals surface area (Å²) in [5, 5.41) is 9.09. The zero-order chi connectivity index (χ0) is 23.8. The molecule has 170 valence electrons. The fourth-order valence-electron chi connectivity index (χ4n) is 3.96. The number of carboxylic acid groups (broad SMARTS) is 1. The van der Waals surface area contributed by atoms with E-state index < -0.39 is 5.97 Å². The van der Waals surface area contributed by atoms with E-state index in [1.165, 1.54) is 5.56 Å². The molecule has 0 spiro atoms. The van der Waals surface area contributed by atoms with Crippen LogP contribution in [0.15, 0.2) is 109 Å². The summed E-state index contributed by atoms with van der Waals surface area (Å²) < 4.78 is 0. The molecule has 4 heteroatoms. The van der Waals surface area contributed by atoms with E-state index in [1.54, 1.807) is 12.1 Å². The third-order valence-corrected chi connectivity index (χ3v) is 5.84. The minimum absolute atomic E-state index is 0.0296. The number of carboxylic acids is 1. The number of amides is 1. The number of rotatable bonds is 9. The molecular weight excluding hydrogens is 422 g/mol. The Kier molecular flexibility index (Phi) is 7.51. The van der Waals surface area contributed by atoms with E-state index in [1.807, 2.05) is 89.8 Å². The van der Waals surface area contributed by atoms with E-state index in [0.29, 0.717) is 18.7 Å². The summed E-state index contributed by atoms with van der Waals surface area (Å²) >= 11 is 0. The number of aryl methyl sites for hydroxylation is 1. The molecule has 0 aromatic heterocycles. The predicted molar refractivity (Wildman–Crippen MR) is 135 cm³/mol. The number of aromatic carboxylic acids is 1. The molecule has 0 saturated heterocycles. The molecule has 0 fully saturated rings. The highest BCUT2D eigenvalue weighted by Crippen LogP contribution is 2.21. The van der Waals surface area contributed by atoms with Gasteiger partial charge in [-0.3, -0.25) is 4.79 Å². The lowest BCUT2D eigenvalue weighted by Crippen LogP contribution is -2.31. The molecule has 4 nitrogen and oxygen atoms in total. The Labute approximate surface area is 200 Å². The predicted octanol–water partition coefficient (Wildman–Crippen LogP) is 6.33.